The fourth-order valence-electron chi connectivity index (χ4n) is 1.38. The zero-order valence-electron chi connectivity index (χ0n) is 9.44. The van der Waals surface area contributed by atoms with Gasteiger partial charge in [0.25, 0.3) is 0 Å². The van der Waals surface area contributed by atoms with Gasteiger partial charge in [0.05, 0.1) is 7.11 Å². The normalized spacial score (nSPS) is 9.38. The molecule has 0 aromatic heterocycles. The van der Waals surface area contributed by atoms with Crippen LogP contribution in [0.3, 0.4) is 0 Å². The third-order valence-corrected chi connectivity index (χ3v) is 2.33. The van der Waals surface area contributed by atoms with Gasteiger partial charge in [-0.1, -0.05) is 24.3 Å². The van der Waals surface area contributed by atoms with Crippen LogP contribution in [-0.2, 0) is 22.5 Å². The maximum Gasteiger partial charge on any atom is 0.305 e. The van der Waals surface area contributed by atoms with Crippen molar-refractivity contribution in [3.8, 4) is 0 Å². The Balaban J connectivity index is 0.00000225. The van der Waals surface area contributed by atoms with Crippen LogP contribution in [0.4, 0.5) is 0 Å². The van der Waals surface area contributed by atoms with Crippen LogP contribution in [-0.4, -0.2) is 13.1 Å². The Morgan fingerprint density at radius 2 is 1.81 bits per heavy atom. The van der Waals surface area contributed by atoms with E-state index in [1.165, 1.54) is 12.7 Å². The number of rotatable bonds is 5. The molecule has 0 aliphatic carbocycles. The maximum atomic E-state index is 10.9. The van der Waals surface area contributed by atoms with Crippen molar-refractivity contribution in [3.05, 3.63) is 35.4 Å². The third kappa shape index (κ3) is 5.14. The molecular formula is C12H18ClNO2. The molecule has 0 amide bonds. The highest BCUT2D eigenvalue weighted by Crippen LogP contribution is 2.07. The van der Waals surface area contributed by atoms with Gasteiger partial charge in [0.2, 0.25) is 0 Å². The van der Waals surface area contributed by atoms with Gasteiger partial charge in [0, 0.05) is 13.0 Å². The quantitative estimate of drug-likeness (QED) is 0.806. The van der Waals surface area contributed by atoms with Gasteiger partial charge in [-0.2, -0.15) is 0 Å². The highest BCUT2D eigenvalue weighted by Gasteiger charge is 2.00. The molecule has 0 bridgehead atoms. The average molecular weight is 244 g/mol. The predicted octanol–water partition coefficient (Wildman–Crippen LogP) is 2.06. The molecule has 0 radical (unpaired) electrons. The van der Waals surface area contributed by atoms with Crippen molar-refractivity contribution in [1.29, 1.82) is 0 Å². The third-order valence-electron chi connectivity index (χ3n) is 2.33. The van der Waals surface area contributed by atoms with E-state index in [4.69, 9.17) is 5.73 Å². The van der Waals surface area contributed by atoms with Gasteiger partial charge in [0.1, 0.15) is 0 Å². The Morgan fingerprint density at radius 1 is 1.25 bits per heavy atom. The van der Waals surface area contributed by atoms with E-state index in [2.05, 4.69) is 16.9 Å². The van der Waals surface area contributed by atoms with Crippen molar-refractivity contribution < 1.29 is 9.53 Å². The summed E-state index contributed by atoms with van der Waals surface area (Å²) in [7, 11) is 1.42. The summed E-state index contributed by atoms with van der Waals surface area (Å²) < 4.78 is 4.57. The number of hydrogen-bond acceptors (Lipinski definition) is 3. The zero-order valence-corrected chi connectivity index (χ0v) is 10.3. The SMILES string of the molecule is COC(=O)CCCc1ccc(CN)cc1.Cl. The van der Waals surface area contributed by atoms with Gasteiger partial charge >= 0.3 is 5.97 Å². The van der Waals surface area contributed by atoms with Crippen molar-refractivity contribution >= 4 is 18.4 Å². The highest BCUT2D eigenvalue weighted by atomic mass is 35.5. The van der Waals surface area contributed by atoms with E-state index >= 15 is 0 Å². The number of ether oxygens (including phenoxy) is 1. The lowest BCUT2D eigenvalue weighted by Gasteiger charge is -2.02. The van der Waals surface area contributed by atoms with E-state index in [0.717, 1.165) is 18.4 Å². The summed E-state index contributed by atoms with van der Waals surface area (Å²) >= 11 is 0. The number of hydrogen-bond donors (Lipinski definition) is 1. The number of benzene rings is 1. The van der Waals surface area contributed by atoms with Crippen LogP contribution in [0.25, 0.3) is 0 Å². The van der Waals surface area contributed by atoms with Gasteiger partial charge in [0.15, 0.2) is 0 Å². The summed E-state index contributed by atoms with van der Waals surface area (Å²) in [4.78, 5) is 10.9. The Labute approximate surface area is 102 Å². The molecule has 1 aromatic rings. The number of carbonyl (C=O) groups is 1. The number of carbonyl (C=O) groups excluding carboxylic acids is 1. The van der Waals surface area contributed by atoms with Gasteiger partial charge in [-0.25, -0.2) is 0 Å². The molecule has 0 aliphatic heterocycles. The van der Waals surface area contributed by atoms with Crippen LogP contribution in [0, 0.1) is 0 Å². The summed E-state index contributed by atoms with van der Waals surface area (Å²) in [6.07, 6.45) is 2.21. The van der Waals surface area contributed by atoms with Crippen molar-refractivity contribution in [2.45, 2.75) is 25.8 Å². The van der Waals surface area contributed by atoms with Gasteiger partial charge in [-0.15, -0.1) is 12.4 Å². The second kappa shape index (κ2) is 8.13. The highest BCUT2D eigenvalue weighted by molar-refractivity contribution is 5.85. The molecule has 1 rings (SSSR count). The first-order valence-electron chi connectivity index (χ1n) is 5.11. The molecule has 0 heterocycles. The average Bonchev–Trinajstić information content (AvgIpc) is 2.29. The van der Waals surface area contributed by atoms with Crippen molar-refractivity contribution in [2.75, 3.05) is 7.11 Å². The van der Waals surface area contributed by atoms with E-state index in [1.54, 1.807) is 0 Å². The van der Waals surface area contributed by atoms with E-state index < -0.39 is 0 Å². The van der Waals surface area contributed by atoms with E-state index in [1.807, 2.05) is 12.1 Å². The monoisotopic (exact) mass is 243 g/mol. The molecule has 16 heavy (non-hydrogen) atoms. The molecule has 0 unspecified atom stereocenters. The standard InChI is InChI=1S/C12H17NO2.ClH/c1-15-12(14)4-2-3-10-5-7-11(9-13)8-6-10;/h5-8H,2-4,9,13H2,1H3;1H. The predicted molar refractivity (Wildman–Crippen MR) is 66.5 cm³/mol. The lowest BCUT2D eigenvalue weighted by molar-refractivity contribution is -0.140. The summed E-state index contributed by atoms with van der Waals surface area (Å²) in [6.45, 7) is 0.572. The first kappa shape index (κ1) is 14.9. The molecular weight excluding hydrogens is 226 g/mol. The second-order valence-electron chi connectivity index (χ2n) is 3.45. The Hall–Kier alpha value is -1.06. The van der Waals surface area contributed by atoms with Crippen LogP contribution in [0.2, 0.25) is 0 Å². The van der Waals surface area contributed by atoms with Crippen molar-refractivity contribution in [3.63, 3.8) is 0 Å². The fourth-order valence-corrected chi connectivity index (χ4v) is 1.38. The number of aryl methyl sites for hydroxylation is 1. The Morgan fingerprint density at radius 3 is 2.31 bits per heavy atom. The molecule has 0 atom stereocenters. The minimum absolute atomic E-state index is 0. The Kier molecular flexibility index (Phi) is 7.60. The number of methoxy groups -OCH3 is 1. The number of halogens is 1. The summed E-state index contributed by atoms with van der Waals surface area (Å²) in [5.41, 5.74) is 7.86. The van der Waals surface area contributed by atoms with Crippen LogP contribution in [0.15, 0.2) is 24.3 Å². The first-order chi connectivity index (χ1) is 7.26. The molecule has 0 saturated heterocycles. The lowest BCUT2D eigenvalue weighted by atomic mass is 10.1. The van der Waals surface area contributed by atoms with E-state index in [0.29, 0.717) is 13.0 Å². The molecule has 2 N–H and O–H groups in total. The smallest absolute Gasteiger partial charge is 0.305 e. The molecule has 1 aromatic carbocycles. The molecule has 0 saturated carbocycles. The second-order valence-corrected chi connectivity index (χ2v) is 3.45. The molecule has 0 spiro atoms. The van der Waals surface area contributed by atoms with Crippen molar-refractivity contribution in [1.82, 2.24) is 0 Å². The van der Waals surface area contributed by atoms with Crippen LogP contribution < -0.4 is 5.73 Å². The molecule has 3 nitrogen and oxygen atoms in total. The van der Waals surface area contributed by atoms with E-state index in [9.17, 15) is 4.79 Å². The lowest BCUT2D eigenvalue weighted by Crippen LogP contribution is -2.00. The molecule has 90 valence electrons. The van der Waals surface area contributed by atoms with Gasteiger partial charge in [-0.05, 0) is 24.0 Å². The van der Waals surface area contributed by atoms with E-state index in [-0.39, 0.29) is 18.4 Å². The number of esters is 1. The topological polar surface area (TPSA) is 52.3 Å². The van der Waals surface area contributed by atoms with Crippen LogP contribution in [0.1, 0.15) is 24.0 Å². The Bertz CT molecular complexity index is 311. The van der Waals surface area contributed by atoms with Crippen LogP contribution in [0.5, 0.6) is 0 Å². The van der Waals surface area contributed by atoms with Gasteiger partial charge < -0.3 is 10.5 Å². The number of nitrogens with two attached hydrogens (primary N) is 1. The van der Waals surface area contributed by atoms with Crippen LogP contribution >= 0.6 is 12.4 Å². The summed E-state index contributed by atoms with van der Waals surface area (Å²) in [6, 6.07) is 8.15. The van der Waals surface area contributed by atoms with Gasteiger partial charge in [-0.3, -0.25) is 4.79 Å². The largest absolute Gasteiger partial charge is 0.469 e. The van der Waals surface area contributed by atoms with Crippen molar-refractivity contribution in [2.24, 2.45) is 5.73 Å². The first-order valence-corrected chi connectivity index (χ1v) is 5.11. The fraction of sp³-hybridized carbons (Fsp3) is 0.417. The minimum Gasteiger partial charge on any atom is -0.469 e. The summed E-state index contributed by atoms with van der Waals surface area (Å²) in [5.74, 6) is -0.145. The zero-order chi connectivity index (χ0) is 11.1. The minimum atomic E-state index is -0.145. The maximum absolute atomic E-state index is 10.9. The molecule has 0 fully saturated rings. The molecule has 0 aliphatic rings. The summed E-state index contributed by atoms with van der Waals surface area (Å²) in [5, 5.41) is 0. The molecule has 4 heteroatoms.